The molecule has 0 unspecified atom stereocenters. The molecule has 0 fully saturated rings. The Labute approximate surface area is 151 Å². The van der Waals surface area contributed by atoms with Crippen molar-refractivity contribution in [2.45, 2.75) is 13.5 Å². The molecule has 0 aliphatic heterocycles. The highest BCUT2D eigenvalue weighted by Gasteiger charge is 2.14. The Kier molecular flexibility index (Phi) is 5.05. The second kappa shape index (κ2) is 7.40. The average Bonchev–Trinajstić information content (AvgIpc) is 3.04. The third kappa shape index (κ3) is 4.00. The Morgan fingerprint density at radius 1 is 1.28 bits per heavy atom. The van der Waals surface area contributed by atoms with Crippen LogP contribution < -0.4 is 10.1 Å². The van der Waals surface area contributed by atoms with E-state index in [1.165, 1.54) is 18.2 Å². The van der Waals surface area contributed by atoms with Gasteiger partial charge in [0.25, 0.3) is 5.91 Å². The molecule has 0 aliphatic rings. The van der Waals surface area contributed by atoms with Gasteiger partial charge in [-0.1, -0.05) is 35.9 Å². The van der Waals surface area contributed by atoms with Crippen molar-refractivity contribution in [1.82, 2.24) is 9.78 Å². The van der Waals surface area contributed by atoms with E-state index in [4.69, 9.17) is 16.3 Å². The van der Waals surface area contributed by atoms with Crippen LogP contribution in [0, 0.1) is 6.92 Å². The molecule has 0 saturated carbocycles. The van der Waals surface area contributed by atoms with Crippen molar-refractivity contribution in [3.8, 4) is 5.75 Å². The van der Waals surface area contributed by atoms with Gasteiger partial charge in [0.2, 0.25) is 0 Å². The minimum absolute atomic E-state index is 0.296. The summed E-state index contributed by atoms with van der Waals surface area (Å²) in [5.74, 6) is 0.170. The molecule has 0 bridgehead atoms. The molecule has 0 aliphatic carbocycles. The standard InChI is InChI=1S/C19H18ClN3O2/c1-13-5-3-4-6-14(13)11-23-12-16(10-21-23)22-19(24)17-9-15(20)7-8-18(17)25-2/h3-10,12H,11H2,1-2H3,(H,22,24). The maximum Gasteiger partial charge on any atom is 0.259 e. The fourth-order valence-electron chi connectivity index (χ4n) is 2.53. The number of hydrogen-bond donors (Lipinski definition) is 1. The number of methoxy groups -OCH3 is 1. The molecule has 0 radical (unpaired) electrons. The topological polar surface area (TPSA) is 56.1 Å². The van der Waals surface area contributed by atoms with Gasteiger partial charge in [-0.25, -0.2) is 0 Å². The van der Waals surface area contributed by atoms with Crippen LogP contribution >= 0.6 is 11.6 Å². The predicted octanol–water partition coefficient (Wildman–Crippen LogP) is 4.15. The lowest BCUT2D eigenvalue weighted by Crippen LogP contribution is -2.13. The molecule has 1 N–H and O–H groups in total. The quantitative estimate of drug-likeness (QED) is 0.747. The summed E-state index contributed by atoms with van der Waals surface area (Å²) in [4.78, 5) is 12.5. The van der Waals surface area contributed by atoms with E-state index in [1.54, 1.807) is 35.3 Å². The van der Waals surface area contributed by atoms with Crippen LogP contribution in [0.5, 0.6) is 5.75 Å². The summed E-state index contributed by atoms with van der Waals surface area (Å²) < 4.78 is 7.00. The summed E-state index contributed by atoms with van der Waals surface area (Å²) in [5, 5.41) is 7.60. The van der Waals surface area contributed by atoms with Gasteiger partial charge in [0.15, 0.2) is 0 Å². The number of nitrogens with one attached hydrogen (secondary N) is 1. The van der Waals surface area contributed by atoms with Crippen molar-refractivity contribution < 1.29 is 9.53 Å². The van der Waals surface area contributed by atoms with E-state index in [0.717, 1.165) is 0 Å². The van der Waals surface area contributed by atoms with Crippen LogP contribution in [0.15, 0.2) is 54.9 Å². The Morgan fingerprint density at radius 2 is 2.08 bits per heavy atom. The van der Waals surface area contributed by atoms with Crippen LogP contribution in [0.25, 0.3) is 0 Å². The zero-order chi connectivity index (χ0) is 17.8. The molecule has 25 heavy (non-hydrogen) atoms. The number of halogens is 1. The average molecular weight is 356 g/mol. The SMILES string of the molecule is COc1ccc(Cl)cc1C(=O)Nc1cnn(Cc2ccccc2C)c1. The van der Waals surface area contributed by atoms with Gasteiger partial charge < -0.3 is 10.1 Å². The largest absolute Gasteiger partial charge is 0.496 e. The molecular formula is C19H18ClN3O2. The number of carbonyl (C=O) groups is 1. The third-order valence-corrected chi connectivity index (χ3v) is 4.13. The van der Waals surface area contributed by atoms with Crippen molar-refractivity contribution in [3.05, 3.63) is 76.6 Å². The molecule has 128 valence electrons. The third-order valence-electron chi connectivity index (χ3n) is 3.89. The summed E-state index contributed by atoms with van der Waals surface area (Å²) in [5.41, 5.74) is 3.37. The highest BCUT2D eigenvalue weighted by molar-refractivity contribution is 6.31. The van der Waals surface area contributed by atoms with Gasteiger partial charge in [0.05, 0.1) is 31.1 Å². The Morgan fingerprint density at radius 3 is 2.84 bits per heavy atom. The first-order valence-corrected chi connectivity index (χ1v) is 8.16. The normalized spacial score (nSPS) is 10.5. The van der Waals surface area contributed by atoms with Crippen LogP contribution in [0.4, 0.5) is 5.69 Å². The molecule has 0 saturated heterocycles. The first kappa shape index (κ1) is 17.0. The van der Waals surface area contributed by atoms with E-state index in [2.05, 4.69) is 29.5 Å². The minimum Gasteiger partial charge on any atom is -0.496 e. The van der Waals surface area contributed by atoms with Crippen LogP contribution in [-0.2, 0) is 6.54 Å². The maximum atomic E-state index is 12.5. The minimum atomic E-state index is -0.296. The number of ether oxygens (including phenoxy) is 1. The number of benzene rings is 2. The van der Waals surface area contributed by atoms with Crippen LogP contribution in [0.2, 0.25) is 5.02 Å². The summed E-state index contributed by atoms with van der Waals surface area (Å²) in [7, 11) is 1.51. The molecule has 0 atom stereocenters. The molecule has 1 amide bonds. The number of aryl methyl sites for hydroxylation is 1. The Hall–Kier alpha value is -2.79. The molecule has 1 aromatic heterocycles. The number of nitrogens with zero attached hydrogens (tertiary/aromatic N) is 2. The first-order valence-electron chi connectivity index (χ1n) is 7.78. The van der Waals surface area contributed by atoms with Crippen molar-refractivity contribution in [1.29, 1.82) is 0 Å². The smallest absolute Gasteiger partial charge is 0.259 e. The number of anilines is 1. The zero-order valence-electron chi connectivity index (χ0n) is 14.0. The molecular weight excluding hydrogens is 338 g/mol. The van der Waals surface area contributed by atoms with E-state index in [0.29, 0.717) is 28.6 Å². The second-order valence-electron chi connectivity index (χ2n) is 5.65. The number of carbonyl (C=O) groups excluding carboxylic acids is 1. The molecule has 3 rings (SSSR count). The number of rotatable bonds is 5. The van der Waals surface area contributed by atoms with E-state index in [9.17, 15) is 4.79 Å². The summed E-state index contributed by atoms with van der Waals surface area (Å²) in [6.07, 6.45) is 3.41. The lowest BCUT2D eigenvalue weighted by atomic mass is 10.1. The van der Waals surface area contributed by atoms with Gasteiger partial charge in [0, 0.05) is 11.2 Å². The highest BCUT2D eigenvalue weighted by Crippen LogP contribution is 2.23. The number of hydrogen-bond acceptors (Lipinski definition) is 3. The molecule has 3 aromatic rings. The maximum absolute atomic E-state index is 12.5. The summed E-state index contributed by atoms with van der Waals surface area (Å²) in [6.45, 7) is 2.70. The van der Waals surface area contributed by atoms with Crippen LogP contribution in [0.3, 0.4) is 0 Å². The number of amides is 1. The molecule has 5 nitrogen and oxygen atoms in total. The highest BCUT2D eigenvalue weighted by atomic mass is 35.5. The van der Waals surface area contributed by atoms with Gasteiger partial charge >= 0.3 is 0 Å². The summed E-state index contributed by atoms with van der Waals surface area (Å²) >= 11 is 5.98. The Balaban J connectivity index is 1.74. The Bertz CT molecular complexity index is 905. The fourth-order valence-corrected chi connectivity index (χ4v) is 2.70. The van der Waals surface area contributed by atoms with Gasteiger partial charge in [-0.15, -0.1) is 0 Å². The monoisotopic (exact) mass is 355 g/mol. The van der Waals surface area contributed by atoms with E-state index >= 15 is 0 Å². The van der Waals surface area contributed by atoms with Gasteiger partial charge in [-0.2, -0.15) is 5.10 Å². The van der Waals surface area contributed by atoms with Crippen molar-refractivity contribution in [2.75, 3.05) is 12.4 Å². The van der Waals surface area contributed by atoms with Crippen molar-refractivity contribution >= 4 is 23.2 Å². The van der Waals surface area contributed by atoms with Gasteiger partial charge in [0.1, 0.15) is 5.75 Å². The lowest BCUT2D eigenvalue weighted by molar-refractivity contribution is 0.102. The molecule has 2 aromatic carbocycles. The second-order valence-corrected chi connectivity index (χ2v) is 6.09. The first-order chi connectivity index (χ1) is 12.1. The van der Waals surface area contributed by atoms with Crippen LogP contribution in [-0.4, -0.2) is 22.8 Å². The molecule has 0 spiro atoms. The van der Waals surface area contributed by atoms with E-state index in [-0.39, 0.29) is 5.91 Å². The van der Waals surface area contributed by atoms with Gasteiger partial charge in [-0.3, -0.25) is 9.48 Å². The summed E-state index contributed by atoms with van der Waals surface area (Å²) in [6, 6.07) is 13.1. The number of aromatic nitrogens is 2. The molecule has 6 heteroatoms. The van der Waals surface area contributed by atoms with Gasteiger partial charge in [-0.05, 0) is 36.2 Å². The zero-order valence-corrected chi connectivity index (χ0v) is 14.7. The fraction of sp³-hybridized carbons (Fsp3) is 0.158. The lowest BCUT2D eigenvalue weighted by Gasteiger charge is -2.08. The van der Waals surface area contributed by atoms with Crippen LogP contribution in [0.1, 0.15) is 21.5 Å². The molecule has 1 heterocycles. The predicted molar refractivity (Wildman–Crippen MR) is 98.5 cm³/mol. The van der Waals surface area contributed by atoms with Crippen molar-refractivity contribution in [3.63, 3.8) is 0 Å². The van der Waals surface area contributed by atoms with E-state index < -0.39 is 0 Å². The van der Waals surface area contributed by atoms with E-state index in [1.807, 2.05) is 12.1 Å². The van der Waals surface area contributed by atoms with Crippen molar-refractivity contribution in [2.24, 2.45) is 0 Å².